The summed E-state index contributed by atoms with van der Waals surface area (Å²) in [7, 11) is 0. The Morgan fingerprint density at radius 1 is 0.733 bits per heavy atom. The third-order valence-corrected chi connectivity index (χ3v) is 22.8. The van der Waals surface area contributed by atoms with Gasteiger partial charge in [-0.25, -0.2) is 0 Å². The standard InChI is InChI=1S/C77H82N4O9/c82-37-27-55-64(84)22-19-45-38-59(71(86)65(39-45)90-51-13-2-3-14-51)70(85)58-41-50-40-48-25-35-80-74(48)81-62-21-20-49-44-78-34-9-12-46-10-1-4-15-52(46)57(58)42-61(50)77(73(49)88)33-32-75(28-5-6-29-75)66(77)18-8-16-56-67(62)68(72(55)87)60(54-26-36-79-69(54)56)43-76(89)30-23-47-11-7-17-63(83)53(47)24-31-76/h1,4,7,10-11,15,17,24-26,31,35-36,38-39,41-42,49,51,55,60,62,66,68,70,73,78-83,85-86,88-89H,2-3,5-6,9,12-14,16,19,22-23,27-30,32-34,37,40,43-44H2. The van der Waals surface area contributed by atoms with E-state index < -0.39 is 65.3 Å². The number of carbonyl (C=O) groups is 2. The third kappa shape index (κ3) is 10.1. The zero-order valence-corrected chi connectivity index (χ0v) is 51.2. The number of H-pyrrole nitrogens is 2. The second-order valence-corrected chi connectivity index (χ2v) is 27.8. The lowest BCUT2D eigenvalue weighted by atomic mass is 9.58. The van der Waals surface area contributed by atoms with Crippen LogP contribution in [0.15, 0.2) is 103 Å². The van der Waals surface area contributed by atoms with Crippen molar-refractivity contribution < 1.29 is 45.0 Å². The van der Waals surface area contributed by atoms with Gasteiger partial charge in [0.25, 0.3) is 0 Å². The molecule has 10 atom stereocenters. The number of aliphatic hydroxyl groups is 4. The average molecular weight is 1210 g/mol. The molecule has 5 heterocycles. The summed E-state index contributed by atoms with van der Waals surface area (Å²) in [6, 6.07) is 25.0. The fourth-order valence-electron chi connectivity index (χ4n) is 18.4. The van der Waals surface area contributed by atoms with Crippen LogP contribution in [0.3, 0.4) is 0 Å². The molecule has 0 saturated heterocycles. The Kier molecular flexibility index (Phi) is 15.4. The number of rotatable bonds is 6. The minimum absolute atomic E-state index is 0.0572. The Hall–Kier alpha value is -7.62. The van der Waals surface area contributed by atoms with Gasteiger partial charge in [-0.1, -0.05) is 91.1 Å². The van der Waals surface area contributed by atoms with Gasteiger partial charge in [-0.05, 0) is 211 Å². The fourth-order valence-corrected chi connectivity index (χ4v) is 18.4. The number of benzene rings is 4. The lowest BCUT2D eigenvalue weighted by Crippen LogP contribution is -2.51. The van der Waals surface area contributed by atoms with E-state index in [0.717, 1.165) is 126 Å². The molecule has 4 aromatic carbocycles. The van der Waals surface area contributed by atoms with Gasteiger partial charge in [0.15, 0.2) is 17.3 Å². The van der Waals surface area contributed by atoms with Crippen LogP contribution in [0.25, 0.3) is 22.8 Å². The lowest BCUT2D eigenvalue weighted by molar-refractivity contribution is -0.136. The molecule has 6 aliphatic carbocycles. The minimum atomic E-state index is -1.51. The monoisotopic (exact) mass is 1210 g/mol. The topological polar surface area (TPSA) is 220 Å². The molecule has 2 spiro atoms. The number of fused-ring (bicyclic) bond motifs is 11. The van der Waals surface area contributed by atoms with Gasteiger partial charge in [0.2, 0.25) is 0 Å². The number of aliphatic hydroxyl groups excluding tert-OH is 3. The van der Waals surface area contributed by atoms with Crippen molar-refractivity contribution in [1.82, 2.24) is 15.3 Å². The number of aromatic amines is 2. The molecular formula is C77H82N4O9. The molecule has 0 radical (unpaired) electrons. The molecule has 15 rings (SSSR count). The Morgan fingerprint density at radius 3 is 2.42 bits per heavy atom. The maximum Gasteiger partial charge on any atom is 0.163 e. The van der Waals surface area contributed by atoms with Crippen LogP contribution in [-0.4, -0.2) is 95.7 Å². The number of ether oxygens (including phenoxy) is 1. The number of Topliss-reactive ketones (excluding diaryl/α,β-unsaturated/α-hetero) is 2. The van der Waals surface area contributed by atoms with Crippen molar-refractivity contribution >= 4 is 29.0 Å². The van der Waals surface area contributed by atoms with E-state index in [1.807, 2.05) is 36.7 Å². The highest BCUT2D eigenvalue weighted by atomic mass is 16.5. The third-order valence-electron chi connectivity index (χ3n) is 22.8. The quantitative estimate of drug-likeness (QED) is 0.0558. The number of allylic oxidation sites excluding steroid dienone is 1. The zero-order chi connectivity index (χ0) is 61.5. The van der Waals surface area contributed by atoms with Crippen molar-refractivity contribution in [3.05, 3.63) is 164 Å². The average Bonchev–Trinajstić information content (AvgIpc) is 1.51. The first kappa shape index (κ1) is 58.7. The first-order chi connectivity index (χ1) is 43.8. The number of anilines is 1. The van der Waals surface area contributed by atoms with Crippen molar-refractivity contribution in [2.75, 3.05) is 25.0 Å². The predicted molar refractivity (Wildman–Crippen MR) is 347 cm³/mol. The second kappa shape index (κ2) is 23.6. The summed E-state index contributed by atoms with van der Waals surface area (Å²) in [6.07, 6.45) is 16.4. The Bertz CT molecular complexity index is 4020. The highest BCUT2D eigenvalue weighted by Crippen LogP contribution is 2.65. The molecule has 2 aromatic heterocycles. The Balaban J connectivity index is 1.04. The predicted octanol–water partition coefficient (Wildman–Crippen LogP) is 11.4. The fraction of sp³-hybridized carbons (Fsp3) is 0.455. The van der Waals surface area contributed by atoms with Gasteiger partial charge >= 0.3 is 0 Å². The van der Waals surface area contributed by atoms with E-state index in [4.69, 9.17) is 4.74 Å². The van der Waals surface area contributed by atoms with Gasteiger partial charge in [0.1, 0.15) is 29.5 Å². The molecule has 6 aromatic rings. The van der Waals surface area contributed by atoms with E-state index in [2.05, 4.69) is 80.7 Å². The maximum absolute atomic E-state index is 16.9. The molecule has 10 N–H and O–H groups in total. The molecule has 90 heavy (non-hydrogen) atoms. The zero-order valence-electron chi connectivity index (χ0n) is 51.2. The number of ketones is 2. The molecule has 3 saturated carbocycles. The summed E-state index contributed by atoms with van der Waals surface area (Å²) in [5, 5.41) is 84.0. The number of phenols is 2. The van der Waals surface area contributed by atoms with E-state index in [9.17, 15) is 30.6 Å². The summed E-state index contributed by atoms with van der Waals surface area (Å²) in [5.41, 5.74) is 8.87. The van der Waals surface area contributed by atoms with Crippen LogP contribution in [0, 0.1) is 52.8 Å². The number of hydrogen-bond donors (Lipinski definition) is 10. The molecule has 13 heteroatoms. The normalized spacial score (nSPS) is 29.2. The summed E-state index contributed by atoms with van der Waals surface area (Å²) < 4.78 is 6.73. The highest BCUT2D eigenvalue weighted by Gasteiger charge is 2.62. The van der Waals surface area contributed by atoms with Crippen LogP contribution in [0.2, 0.25) is 0 Å². The summed E-state index contributed by atoms with van der Waals surface area (Å²) in [6.45, 7) is 0.528. The number of hydrogen-bond acceptors (Lipinski definition) is 11. The molecule has 9 bridgehead atoms. The van der Waals surface area contributed by atoms with E-state index in [-0.39, 0.29) is 84.6 Å². The van der Waals surface area contributed by atoms with Crippen molar-refractivity contribution in [3.63, 3.8) is 0 Å². The number of nitrogens with one attached hydrogen (secondary N) is 4. The van der Waals surface area contributed by atoms with Crippen LogP contribution >= 0.6 is 0 Å². The van der Waals surface area contributed by atoms with Crippen molar-refractivity contribution in [1.29, 1.82) is 0 Å². The van der Waals surface area contributed by atoms with Crippen LogP contribution in [0.4, 0.5) is 5.82 Å². The van der Waals surface area contributed by atoms with Crippen molar-refractivity contribution in [2.24, 2.45) is 29.1 Å². The number of aromatic nitrogens is 2. The molecule has 3 fully saturated rings. The number of aryl methyl sites for hydroxylation is 3. The van der Waals surface area contributed by atoms with Gasteiger partial charge in [-0.3, -0.25) is 9.59 Å². The Morgan fingerprint density at radius 2 is 1.57 bits per heavy atom. The second-order valence-electron chi connectivity index (χ2n) is 27.8. The molecule has 0 amide bonds. The SMILES string of the molecule is O=C1CCc2cc(OC3CCCC3)c(O)c(c2)C(O)c2cc3c4cc2-c2ccccc2CCCNCC2C#CC(Nc5[nH]ccc5C3)C3=C(CC#CC5C6(CCCC6)CCC45C2O)c2[nH]ccc2C(CC2(O)C=Cc4c(O)cccc4CC2)C3C(=O)C1CCO. The van der Waals surface area contributed by atoms with E-state index in [1.54, 1.807) is 30.4 Å². The lowest BCUT2D eigenvalue weighted by Gasteiger charge is -2.46. The maximum atomic E-state index is 16.9. The molecule has 3 aliphatic heterocycles. The Labute approximate surface area is 526 Å². The van der Waals surface area contributed by atoms with Gasteiger partial charge in [-0.2, -0.15) is 0 Å². The molecular weight excluding hydrogens is 1120 g/mol. The number of carbonyl (C=O) groups excluding carboxylic acids is 2. The first-order valence-electron chi connectivity index (χ1n) is 33.4. The van der Waals surface area contributed by atoms with Crippen molar-refractivity contribution in [2.45, 2.75) is 170 Å². The summed E-state index contributed by atoms with van der Waals surface area (Å²) in [4.78, 5) is 39.8. The first-order valence-corrected chi connectivity index (χ1v) is 33.4. The number of phenolic OH excluding ortho intramolecular Hbond substituents is 2. The van der Waals surface area contributed by atoms with Crippen LogP contribution < -0.4 is 15.4 Å². The van der Waals surface area contributed by atoms with Gasteiger partial charge < -0.3 is 56.0 Å². The highest BCUT2D eigenvalue weighted by molar-refractivity contribution is 6.06. The van der Waals surface area contributed by atoms with E-state index in [0.29, 0.717) is 60.4 Å². The van der Waals surface area contributed by atoms with Crippen molar-refractivity contribution in [3.8, 4) is 52.1 Å². The minimum Gasteiger partial charge on any atom is -0.507 e. The van der Waals surface area contributed by atoms with Gasteiger partial charge in [0, 0.05) is 78.9 Å². The van der Waals surface area contributed by atoms with E-state index in [1.165, 1.54) is 0 Å². The van der Waals surface area contributed by atoms with Crippen LogP contribution in [0.5, 0.6) is 17.2 Å². The molecule has 9 aliphatic rings. The summed E-state index contributed by atoms with van der Waals surface area (Å²) >= 11 is 0. The van der Waals surface area contributed by atoms with Crippen LogP contribution in [0.1, 0.15) is 176 Å². The summed E-state index contributed by atoms with van der Waals surface area (Å²) in [5.74, 6) is 11.4. The van der Waals surface area contributed by atoms with Gasteiger partial charge in [-0.15, -0.1) is 0 Å². The molecule has 13 nitrogen and oxygen atoms in total. The van der Waals surface area contributed by atoms with Crippen LogP contribution in [-0.2, 0) is 40.7 Å². The van der Waals surface area contributed by atoms with E-state index >= 15 is 9.59 Å². The number of aromatic hydroxyl groups is 2. The smallest absolute Gasteiger partial charge is 0.163 e. The molecule has 464 valence electrons. The van der Waals surface area contributed by atoms with Gasteiger partial charge in [0.05, 0.1) is 35.6 Å². The molecule has 10 unspecified atom stereocenters. The largest absolute Gasteiger partial charge is 0.507 e.